The van der Waals surface area contributed by atoms with Gasteiger partial charge in [0, 0.05) is 24.6 Å². The molecule has 1 saturated heterocycles. The van der Waals surface area contributed by atoms with Gasteiger partial charge in [0.15, 0.2) is 0 Å². The quantitative estimate of drug-likeness (QED) is 0.821. The number of rotatable bonds is 2. The summed E-state index contributed by atoms with van der Waals surface area (Å²) in [5.41, 5.74) is 1.88. The molecule has 3 rings (SSSR count). The maximum Gasteiger partial charge on any atom is 0.251 e. The monoisotopic (exact) mass is 246 g/mol. The van der Waals surface area contributed by atoms with Crippen molar-refractivity contribution in [3.63, 3.8) is 0 Å². The summed E-state index contributed by atoms with van der Waals surface area (Å²) in [4.78, 5) is 12.1. The summed E-state index contributed by atoms with van der Waals surface area (Å²) < 4.78 is 5.44. The molecule has 0 radical (unpaired) electrons. The molecule has 2 N–H and O–H groups in total. The normalized spacial score (nSPS) is 22.1. The first-order valence-corrected chi connectivity index (χ1v) is 6.60. The third kappa shape index (κ3) is 2.34. The van der Waals surface area contributed by atoms with E-state index in [2.05, 4.69) is 10.6 Å². The van der Waals surface area contributed by atoms with E-state index in [0.29, 0.717) is 0 Å². The molecule has 18 heavy (non-hydrogen) atoms. The minimum atomic E-state index is 0.0263. The summed E-state index contributed by atoms with van der Waals surface area (Å²) in [6, 6.07) is 5.95. The highest BCUT2D eigenvalue weighted by molar-refractivity contribution is 5.94. The third-order valence-corrected chi connectivity index (χ3v) is 3.58. The molecule has 0 spiro atoms. The second-order valence-electron chi connectivity index (χ2n) is 4.94. The first-order chi connectivity index (χ1) is 8.83. The number of piperidine rings is 1. The lowest BCUT2D eigenvalue weighted by molar-refractivity contribution is 0.0930. The van der Waals surface area contributed by atoms with Gasteiger partial charge >= 0.3 is 0 Å². The van der Waals surface area contributed by atoms with E-state index in [1.807, 2.05) is 18.2 Å². The highest BCUT2D eigenvalue weighted by atomic mass is 16.5. The lowest BCUT2D eigenvalue weighted by Gasteiger charge is -2.23. The molecule has 1 aromatic carbocycles. The average Bonchev–Trinajstić information content (AvgIpc) is 2.87. The van der Waals surface area contributed by atoms with Gasteiger partial charge in [-0.15, -0.1) is 0 Å². The summed E-state index contributed by atoms with van der Waals surface area (Å²) in [5, 5.41) is 6.38. The van der Waals surface area contributed by atoms with Crippen LogP contribution in [0.5, 0.6) is 5.75 Å². The van der Waals surface area contributed by atoms with Gasteiger partial charge in [-0.2, -0.15) is 0 Å². The van der Waals surface area contributed by atoms with E-state index in [4.69, 9.17) is 4.74 Å². The first kappa shape index (κ1) is 11.5. The number of ether oxygens (including phenoxy) is 1. The fourth-order valence-electron chi connectivity index (χ4n) is 2.57. The van der Waals surface area contributed by atoms with Crippen molar-refractivity contribution in [1.82, 2.24) is 10.6 Å². The van der Waals surface area contributed by atoms with Crippen LogP contribution < -0.4 is 15.4 Å². The number of benzene rings is 1. The number of fused-ring (bicyclic) bond motifs is 1. The molecule has 1 atom stereocenters. The third-order valence-electron chi connectivity index (χ3n) is 3.58. The Balaban J connectivity index is 1.68. The van der Waals surface area contributed by atoms with Gasteiger partial charge in [0.2, 0.25) is 0 Å². The van der Waals surface area contributed by atoms with Gasteiger partial charge in [-0.25, -0.2) is 0 Å². The van der Waals surface area contributed by atoms with Gasteiger partial charge in [-0.1, -0.05) is 0 Å². The number of hydrogen-bond acceptors (Lipinski definition) is 3. The number of carbonyl (C=O) groups excluding carboxylic acids is 1. The Hall–Kier alpha value is -1.55. The molecule has 0 unspecified atom stereocenters. The molecule has 2 aliphatic rings. The molecular formula is C14H18N2O2. The highest BCUT2D eigenvalue weighted by Gasteiger charge is 2.18. The maximum absolute atomic E-state index is 12.1. The average molecular weight is 246 g/mol. The van der Waals surface area contributed by atoms with Crippen LogP contribution in [0.2, 0.25) is 0 Å². The molecular weight excluding hydrogens is 228 g/mol. The van der Waals surface area contributed by atoms with Gasteiger partial charge in [-0.3, -0.25) is 4.79 Å². The van der Waals surface area contributed by atoms with Crippen molar-refractivity contribution < 1.29 is 9.53 Å². The number of amides is 1. The first-order valence-electron chi connectivity index (χ1n) is 6.60. The van der Waals surface area contributed by atoms with Crippen molar-refractivity contribution in [1.29, 1.82) is 0 Å². The van der Waals surface area contributed by atoms with Gasteiger partial charge in [0.05, 0.1) is 6.61 Å². The van der Waals surface area contributed by atoms with Crippen molar-refractivity contribution in [2.45, 2.75) is 25.3 Å². The van der Waals surface area contributed by atoms with E-state index in [1.165, 1.54) is 0 Å². The molecule has 0 bridgehead atoms. The summed E-state index contributed by atoms with van der Waals surface area (Å²) in [7, 11) is 0. The van der Waals surface area contributed by atoms with E-state index >= 15 is 0 Å². The Labute approximate surface area is 107 Å². The fraction of sp³-hybridized carbons (Fsp3) is 0.500. The summed E-state index contributed by atoms with van der Waals surface area (Å²) in [5.74, 6) is 0.948. The van der Waals surface area contributed by atoms with Crippen molar-refractivity contribution in [3.05, 3.63) is 29.3 Å². The fourth-order valence-corrected chi connectivity index (χ4v) is 2.57. The van der Waals surface area contributed by atoms with Gasteiger partial charge < -0.3 is 15.4 Å². The van der Waals surface area contributed by atoms with Crippen LogP contribution in [0.15, 0.2) is 18.2 Å². The van der Waals surface area contributed by atoms with E-state index in [0.717, 1.165) is 55.8 Å². The minimum Gasteiger partial charge on any atom is -0.493 e. The molecule has 1 aromatic rings. The SMILES string of the molecule is O=C(N[C@@H]1CCCNC1)c1ccc2c(c1)CCO2. The zero-order valence-electron chi connectivity index (χ0n) is 10.4. The van der Waals surface area contributed by atoms with Crippen molar-refractivity contribution in [2.24, 2.45) is 0 Å². The Morgan fingerprint density at radius 1 is 1.44 bits per heavy atom. The van der Waals surface area contributed by atoms with Crippen LogP contribution in [0.4, 0.5) is 0 Å². The Bertz CT molecular complexity index is 453. The zero-order valence-corrected chi connectivity index (χ0v) is 10.4. The standard InChI is InChI=1S/C14H18N2O2/c17-14(16-12-2-1-6-15-9-12)11-3-4-13-10(8-11)5-7-18-13/h3-4,8,12,15H,1-2,5-7,9H2,(H,16,17)/t12-/m1/s1. The number of carbonyl (C=O) groups is 1. The second kappa shape index (κ2) is 4.98. The van der Waals surface area contributed by atoms with Gasteiger partial charge in [0.1, 0.15) is 5.75 Å². The van der Waals surface area contributed by atoms with E-state index < -0.39 is 0 Å². The molecule has 0 aromatic heterocycles. The van der Waals surface area contributed by atoms with Gasteiger partial charge in [0.25, 0.3) is 5.91 Å². The molecule has 4 nitrogen and oxygen atoms in total. The molecule has 0 saturated carbocycles. The van der Waals surface area contributed by atoms with Crippen LogP contribution in [-0.4, -0.2) is 31.6 Å². The van der Waals surface area contributed by atoms with E-state index in [-0.39, 0.29) is 11.9 Å². The molecule has 2 heterocycles. The Kier molecular flexibility index (Phi) is 3.19. The molecule has 2 aliphatic heterocycles. The van der Waals surface area contributed by atoms with Gasteiger partial charge in [-0.05, 0) is 43.1 Å². The summed E-state index contributed by atoms with van der Waals surface area (Å²) >= 11 is 0. The van der Waals surface area contributed by atoms with Crippen molar-refractivity contribution >= 4 is 5.91 Å². The molecule has 1 amide bonds. The Morgan fingerprint density at radius 2 is 2.39 bits per heavy atom. The smallest absolute Gasteiger partial charge is 0.251 e. The van der Waals surface area contributed by atoms with E-state index in [9.17, 15) is 4.79 Å². The Morgan fingerprint density at radius 3 is 3.22 bits per heavy atom. The van der Waals surface area contributed by atoms with Crippen molar-refractivity contribution in [3.8, 4) is 5.75 Å². The highest BCUT2D eigenvalue weighted by Crippen LogP contribution is 2.25. The van der Waals surface area contributed by atoms with Crippen LogP contribution in [0.3, 0.4) is 0 Å². The van der Waals surface area contributed by atoms with Crippen LogP contribution in [0.1, 0.15) is 28.8 Å². The van der Waals surface area contributed by atoms with Crippen molar-refractivity contribution in [2.75, 3.05) is 19.7 Å². The lowest BCUT2D eigenvalue weighted by Crippen LogP contribution is -2.45. The molecule has 0 aliphatic carbocycles. The largest absolute Gasteiger partial charge is 0.493 e. The maximum atomic E-state index is 12.1. The molecule has 1 fully saturated rings. The topological polar surface area (TPSA) is 50.4 Å². The molecule has 96 valence electrons. The number of hydrogen-bond donors (Lipinski definition) is 2. The van der Waals surface area contributed by atoms with E-state index in [1.54, 1.807) is 0 Å². The lowest BCUT2D eigenvalue weighted by atomic mass is 10.1. The van der Waals surface area contributed by atoms with Crippen LogP contribution in [0, 0.1) is 0 Å². The van der Waals surface area contributed by atoms with Crippen LogP contribution >= 0.6 is 0 Å². The molecule has 4 heteroatoms. The minimum absolute atomic E-state index is 0.0263. The number of nitrogens with one attached hydrogen (secondary N) is 2. The zero-order chi connectivity index (χ0) is 12.4. The van der Waals surface area contributed by atoms with Crippen LogP contribution in [-0.2, 0) is 6.42 Å². The predicted molar refractivity (Wildman–Crippen MR) is 69.0 cm³/mol. The van der Waals surface area contributed by atoms with Crippen LogP contribution in [0.25, 0.3) is 0 Å². The second-order valence-corrected chi connectivity index (χ2v) is 4.94. The summed E-state index contributed by atoms with van der Waals surface area (Å²) in [6.45, 7) is 2.66. The predicted octanol–water partition coefficient (Wildman–Crippen LogP) is 1.10. The summed E-state index contributed by atoms with van der Waals surface area (Å²) in [6.07, 6.45) is 3.09.